The third kappa shape index (κ3) is 8.48. The van der Waals surface area contributed by atoms with Crippen LogP contribution in [0.25, 0.3) is 5.57 Å². The van der Waals surface area contributed by atoms with Crippen molar-refractivity contribution in [3.63, 3.8) is 0 Å². The molecule has 2 heterocycles. The lowest BCUT2D eigenvalue weighted by Crippen LogP contribution is -2.61. The fourth-order valence-corrected chi connectivity index (χ4v) is 6.37. The van der Waals surface area contributed by atoms with E-state index in [2.05, 4.69) is 5.32 Å². The minimum absolute atomic E-state index is 0.0234. The molecule has 0 saturated carbocycles. The number of methoxy groups -OCH3 is 3. The molecule has 0 spiro atoms. The van der Waals surface area contributed by atoms with E-state index in [0.717, 1.165) is 40.2 Å². The van der Waals surface area contributed by atoms with Crippen LogP contribution in [0.2, 0.25) is 0 Å². The molecular formula is C38H47N3O7. The van der Waals surface area contributed by atoms with Crippen molar-refractivity contribution >= 4 is 17.4 Å². The number of amides is 2. The van der Waals surface area contributed by atoms with Gasteiger partial charge in [-0.2, -0.15) is 0 Å². The predicted octanol–water partition coefficient (Wildman–Crippen LogP) is 4.75. The average molecular weight is 658 g/mol. The average Bonchev–Trinajstić information content (AvgIpc) is 3.11. The molecule has 0 aliphatic carbocycles. The molecule has 2 bridgehead atoms. The van der Waals surface area contributed by atoms with Crippen LogP contribution in [0.4, 0.5) is 0 Å². The first kappa shape index (κ1) is 34.8. The van der Waals surface area contributed by atoms with Gasteiger partial charge in [0.15, 0.2) is 11.5 Å². The molecule has 10 nitrogen and oxygen atoms in total. The summed E-state index contributed by atoms with van der Waals surface area (Å²) in [5.41, 5.74) is 4.79. The van der Waals surface area contributed by atoms with E-state index in [1.165, 1.54) is 0 Å². The SMILES string of the molecule is COc1ccccc1COCCCOc1ccc(C2=C(C(=O)N(C)CCc3ccc(OC)c(OC)c3)[C@H]3CN(C(C)=O)C[C@@H](C2)N3)cc1. The summed E-state index contributed by atoms with van der Waals surface area (Å²) in [6.07, 6.45) is 2.05. The highest BCUT2D eigenvalue weighted by atomic mass is 16.5. The van der Waals surface area contributed by atoms with Crippen molar-refractivity contribution in [3.8, 4) is 23.0 Å². The maximum Gasteiger partial charge on any atom is 0.251 e. The maximum atomic E-state index is 14.2. The Morgan fingerprint density at radius 3 is 2.38 bits per heavy atom. The lowest BCUT2D eigenvalue weighted by atomic mass is 9.83. The molecule has 1 N–H and O–H groups in total. The van der Waals surface area contributed by atoms with Crippen molar-refractivity contribution < 1.29 is 33.3 Å². The second-order valence-corrected chi connectivity index (χ2v) is 12.2. The van der Waals surface area contributed by atoms with E-state index in [1.54, 1.807) is 33.2 Å². The van der Waals surface area contributed by atoms with Gasteiger partial charge in [-0.1, -0.05) is 36.4 Å². The number of hydrogen-bond acceptors (Lipinski definition) is 8. The van der Waals surface area contributed by atoms with E-state index in [-0.39, 0.29) is 23.9 Å². The van der Waals surface area contributed by atoms with Crippen LogP contribution >= 0.6 is 0 Å². The van der Waals surface area contributed by atoms with Gasteiger partial charge < -0.3 is 38.8 Å². The molecule has 10 heteroatoms. The molecule has 2 aliphatic heterocycles. The minimum atomic E-state index is -0.251. The van der Waals surface area contributed by atoms with E-state index in [0.29, 0.717) is 69.4 Å². The highest BCUT2D eigenvalue weighted by Gasteiger charge is 2.39. The van der Waals surface area contributed by atoms with E-state index in [4.69, 9.17) is 23.7 Å². The molecule has 0 aromatic heterocycles. The van der Waals surface area contributed by atoms with Gasteiger partial charge in [-0.05, 0) is 59.9 Å². The summed E-state index contributed by atoms with van der Waals surface area (Å²) in [7, 11) is 6.72. The van der Waals surface area contributed by atoms with E-state index in [1.807, 2.05) is 78.7 Å². The number of carbonyl (C=O) groups is 2. The fourth-order valence-electron chi connectivity index (χ4n) is 6.37. The van der Waals surface area contributed by atoms with Gasteiger partial charge in [0, 0.05) is 57.2 Å². The lowest BCUT2D eigenvalue weighted by Gasteiger charge is -2.44. The molecule has 256 valence electrons. The van der Waals surface area contributed by atoms with Gasteiger partial charge in [-0.3, -0.25) is 9.59 Å². The number of para-hydroxylation sites is 1. The first-order valence-corrected chi connectivity index (χ1v) is 16.4. The van der Waals surface area contributed by atoms with Gasteiger partial charge in [-0.15, -0.1) is 0 Å². The van der Waals surface area contributed by atoms with Crippen LogP contribution in [0, 0.1) is 0 Å². The molecule has 2 atom stereocenters. The number of rotatable bonds is 15. The Morgan fingerprint density at radius 1 is 0.896 bits per heavy atom. The molecule has 1 fully saturated rings. The number of likely N-dealkylation sites (N-methyl/N-ethyl adjacent to an activating group) is 1. The highest BCUT2D eigenvalue weighted by molar-refractivity contribution is 6.03. The molecule has 3 aromatic carbocycles. The zero-order chi connectivity index (χ0) is 34.0. The largest absolute Gasteiger partial charge is 0.496 e. The minimum Gasteiger partial charge on any atom is -0.496 e. The van der Waals surface area contributed by atoms with Crippen LogP contribution < -0.4 is 24.3 Å². The standard InChI is InChI=1S/C38H47N3O7/c1-26(42)41-23-30-22-32(28-12-14-31(15-13-28)48-20-8-19-47-25-29-9-6-7-10-34(29)44-3)37(33(24-41)39-30)38(43)40(2)18-17-27-11-16-35(45-4)36(21-27)46-5/h6-7,9-16,21,30,33,39H,8,17-20,22-25H2,1-5H3/t30-,33-/m1/s1. The molecular weight excluding hydrogens is 610 g/mol. The molecule has 0 radical (unpaired) electrons. The van der Waals surface area contributed by atoms with Crippen molar-refractivity contribution in [2.24, 2.45) is 0 Å². The number of nitrogens with zero attached hydrogens (tertiary/aromatic N) is 2. The summed E-state index contributed by atoms with van der Waals surface area (Å²) in [5, 5.41) is 3.62. The summed E-state index contributed by atoms with van der Waals surface area (Å²) < 4.78 is 28.1. The van der Waals surface area contributed by atoms with Gasteiger partial charge in [0.25, 0.3) is 5.91 Å². The Labute approximate surface area is 283 Å². The van der Waals surface area contributed by atoms with E-state index < -0.39 is 0 Å². The molecule has 0 unspecified atom stereocenters. The van der Waals surface area contributed by atoms with Crippen LogP contribution in [0.5, 0.6) is 23.0 Å². The lowest BCUT2D eigenvalue weighted by molar-refractivity contribution is -0.132. The number of piperazine rings is 1. The Balaban J connectivity index is 1.24. The summed E-state index contributed by atoms with van der Waals surface area (Å²) >= 11 is 0. The molecule has 3 aromatic rings. The van der Waals surface area contributed by atoms with Crippen molar-refractivity contribution in [2.45, 2.75) is 44.9 Å². The summed E-state index contributed by atoms with van der Waals surface area (Å²) in [6.45, 7) is 4.77. The van der Waals surface area contributed by atoms with Crippen molar-refractivity contribution in [1.29, 1.82) is 0 Å². The van der Waals surface area contributed by atoms with Crippen LogP contribution in [-0.2, 0) is 27.4 Å². The van der Waals surface area contributed by atoms with Gasteiger partial charge in [0.2, 0.25) is 5.91 Å². The number of hydrogen-bond donors (Lipinski definition) is 1. The van der Waals surface area contributed by atoms with Crippen LogP contribution in [0.15, 0.2) is 72.3 Å². The third-order valence-corrected chi connectivity index (χ3v) is 8.97. The molecule has 1 saturated heterocycles. The van der Waals surface area contributed by atoms with Gasteiger partial charge >= 0.3 is 0 Å². The zero-order valence-corrected chi connectivity index (χ0v) is 28.6. The highest BCUT2D eigenvalue weighted by Crippen LogP contribution is 2.35. The van der Waals surface area contributed by atoms with Gasteiger partial charge in [-0.25, -0.2) is 0 Å². The topological polar surface area (TPSA) is 98.8 Å². The normalized spacial score (nSPS) is 17.1. The number of nitrogens with one attached hydrogen (secondary N) is 1. The zero-order valence-electron chi connectivity index (χ0n) is 28.6. The third-order valence-electron chi connectivity index (χ3n) is 8.97. The number of benzene rings is 3. The summed E-state index contributed by atoms with van der Waals surface area (Å²) in [6, 6.07) is 21.5. The van der Waals surface area contributed by atoms with Crippen molar-refractivity contribution in [2.75, 3.05) is 61.2 Å². The first-order chi connectivity index (χ1) is 23.3. The molecule has 2 amide bonds. The summed E-state index contributed by atoms with van der Waals surface area (Å²) in [4.78, 5) is 30.1. The second-order valence-electron chi connectivity index (χ2n) is 12.2. The first-order valence-electron chi connectivity index (χ1n) is 16.4. The second kappa shape index (κ2) is 16.5. The number of carbonyl (C=O) groups excluding carboxylic acids is 2. The quantitative estimate of drug-likeness (QED) is 0.234. The molecule has 48 heavy (non-hydrogen) atoms. The van der Waals surface area contributed by atoms with Gasteiger partial charge in [0.1, 0.15) is 11.5 Å². The van der Waals surface area contributed by atoms with Crippen molar-refractivity contribution in [1.82, 2.24) is 15.1 Å². The summed E-state index contributed by atoms with van der Waals surface area (Å²) in [5.74, 6) is 2.90. The van der Waals surface area contributed by atoms with Crippen LogP contribution in [0.3, 0.4) is 0 Å². The Morgan fingerprint density at radius 2 is 1.65 bits per heavy atom. The number of ether oxygens (including phenoxy) is 5. The Bertz CT molecular complexity index is 1590. The van der Waals surface area contributed by atoms with Crippen LogP contribution in [0.1, 0.15) is 36.5 Å². The number of fused-ring (bicyclic) bond motifs is 2. The predicted molar refractivity (Wildman–Crippen MR) is 185 cm³/mol. The van der Waals surface area contributed by atoms with Crippen molar-refractivity contribution in [3.05, 3.63) is 89.0 Å². The maximum absolute atomic E-state index is 14.2. The smallest absolute Gasteiger partial charge is 0.251 e. The molecule has 5 rings (SSSR count). The molecule has 2 aliphatic rings. The van der Waals surface area contributed by atoms with E-state index in [9.17, 15) is 9.59 Å². The van der Waals surface area contributed by atoms with Crippen LogP contribution in [-0.4, -0.2) is 94.9 Å². The monoisotopic (exact) mass is 657 g/mol. The Kier molecular flexibility index (Phi) is 12.0. The van der Waals surface area contributed by atoms with E-state index >= 15 is 0 Å². The van der Waals surface area contributed by atoms with Gasteiger partial charge in [0.05, 0.1) is 47.2 Å². The Hall–Kier alpha value is -4.54. The fraction of sp³-hybridized carbons (Fsp3) is 0.421.